The first-order chi connectivity index (χ1) is 10.6. The Morgan fingerprint density at radius 2 is 2.05 bits per heavy atom. The van der Waals surface area contributed by atoms with Gasteiger partial charge in [-0.15, -0.1) is 11.3 Å². The number of carbonyl (C=O) groups excluding carboxylic acids is 1. The van der Waals surface area contributed by atoms with Crippen LogP contribution in [-0.4, -0.2) is 12.1 Å². The molecular formula is C18H20N2OS. The van der Waals surface area contributed by atoms with Gasteiger partial charge in [0.2, 0.25) is 0 Å². The summed E-state index contributed by atoms with van der Waals surface area (Å²) in [7, 11) is 0. The Morgan fingerprint density at radius 1 is 1.23 bits per heavy atom. The Bertz CT molecular complexity index is 707. The molecule has 0 saturated heterocycles. The summed E-state index contributed by atoms with van der Waals surface area (Å²) in [4.78, 5) is 14.3. The zero-order chi connectivity index (χ0) is 15.5. The van der Waals surface area contributed by atoms with Gasteiger partial charge >= 0.3 is 0 Å². The Morgan fingerprint density at radius 3 is 2.82 bits per heavy atom. The SMILES string of the molecule is Cc1ccc(/C=N\NC(=O)c2cc3c(s2)CCCC3)c(C)c1. The van der Waals surface area contributed by atoms with Crippen molar-refractivity contribution in [3.63, 3.8) is 0 Å². The summed E-state index contributed by atoms with van der Waals surface area (Å²) in [5, 5.41) is 4.10. The first kappa shape index (κ1) is 15.0. The van der Waals surface area contributed by atoms with E-state index in [9.17, 15) is 4.79 Å². The van der Waals surface area contributed by atoms with Crippen molar-refractivity contribution < 1.29 is 4.79 Å². The van der Waals surface area contributed by atoms with Gasteiger partial charge in [0.05, 0.1) is 11.1 Å². The normalized spacial score (nSPS) is 14.1. The molecule has 22 heavy (non-hydrogen) atoms. The molecule has 3 rings (SSSR count). The lowest BCUT2D eigenvalue weighted by molar-refractivity contribution is 0.0959. The summed E-state index contributed by atoms with van der Waals surface area (Å²) < 4.78 is 0. The predicted molar refractivity (Wildman–Crippen MR) is 91.9 cm³/mol. The molecular weight excluding hydrogens is 292 g/mol. The Balaban J connectivity index is 1.66. The van der Waals surface area contributed by atoms with Crippen molar-refractivity contribution >= 4 is 23.5 Å². The highest BCUT2D eigenvalue weighted by molar-refractivity contribution is 7.14. The number of benzene rings is 1. The number of hydrogen-bond donors (Lipinski definition) is 1. The van der Waals surface area contributed by atoms with Crippen molar-refractivity contribution in [1.82, 2.24) is 5.43 Å². The van der Waals surface area contributed by atoms with Crippen LogP contribution in [0.4, 0.5) is 0 Å². The quantitative estimate of drug-likeness (QED) is 0.675. The van der Waals surface area contributed by atoms with E-state index in [1.54, 1.807) is 17.6 Å². The summed E-state index contributed by atoms with van der Waals surface area (Å²) in [6.07, 6.45) is 6.39. The average Bonchev–Trinajstić information content (AvgIpc) is 2.93. The van der Waals surface area contributed by atoms with Gasteiger partial charge in [-0.2, -0.15) is 5.10 Å². The van der Waals surface area contributed by atoms with Gasteiger partial charge in [0.15, 0.2) is 0 Å². The van der Waals surface area contributed by atoms with Crippen LogP contribution >= 0.6 is 11.3 Å². The van der Waals surface area contributed by atoms with Crippen LogP contribution in [0.2, 0.25) is 0 Å². The number of hydrogen-bond acceptors (Lipinski definition) is 3. The third-order valence-corrected chi connectivity index (χ3v) is 5.25. The molecule has 0 atom stereocenters. The molecule has 0 spiro atoms. The minimum absolute atomic E-state index is 0.111. The van der Waals surface area contributed by atoms with Gasteiger partial charge in [0.1, 0.15) is 0 Å². The lowest BCUT2D eigenvalue weighted by Gasteiger charge is -2.08. The Hall–Kier alpha value is -1.94. The van der Waals surface area contributed by atoms with Crippen LogP contribution in [0.1, 0.15) is 49.6 Å². The minimum Gasteiger partial charge on any atom is -0.266 e. The molecule has 1 N–H and O–H groups in total. The van der Waals surface area contributed by atoms with Crippen molar-refractivity contribution in [3.8, 4) is 0 Å². The maximum absolute atomic E-state index is 12.2. The minimum atomic E-state index is -0.111. The van der Waals surface area contributed by atoms with Gasteiger partial charge < -0.3 is 0 Å². The van der Waals surface area contributed by atoms with E-state index in [0.29, 0.717) is 0 Å². The van der Waals surface area contributed by atoms with E-state index in [4.69, 9.17) is 0 Å². The number of thiophene rings is 1. The van der Waals surface area contributed by atoms with Gasteiger partial charge in [-0.05, 0) is 62.3 Å². The summed E-state index contributed by atoms with van der Waals surface area (Å²) in [6, 6.07) is 8.20. The maximum atomic E-state index is 12.2. The van der Waals surface area contributed by atoms with Crippen LogP contribution in [-0.2, 0) is 12.8 Å². The van der Waals surface area contributed by atoms with Crippen LogP contribution in [0, 0.1) is 13.8 Å². The molecule has 1 aromatic heterocycles. The molecule has 0 saturated carbocycles. The van der Waals surface area contributed by atoms with E-state index < -0.39 is 0 Å². The number of rotatable bonds is 3. The molecule has 1 heterocycles. The number of carbonyl (C=O) groups is 1. The van der Waals surface area contributed by atoms with Crippen molar-refractivity contribution in [2.75, 3.05) is 0 Å². The topological polar surface area (TPSA) is 41.5 Å². The fourth-order valence-electron chi connectivity index (χ4n) is 2.79. The summed E-state index contributed by atoms with van der Waals surface area (Å²) in [6.45, 7) is 4.11. The van der Waals surface area contributed by atoms with Crippen LogP contribution < -0.4 is 5.43 Å². The van der Waals surface area contributed by atoms with E-state index in [1.807, 2.05) is 25.1 Å². The van der Waals surface area contributed by atoms with E-state index >= 15 is 0 Å². The van der Waals surface area contributed by atoms with Gasteiger partial charge in [-0.3, -0.25) is 4.79 Å². The molecule has 1 aliphatic rings. The Labute approximate surface area is 135 Å². The molecule has 2 aromatic rings. The van der Waals surface area contributed by atoms with Crippen LogP contribution in [0.25, 0.3) is 0 Å². The third kappa shape index (κ3) is 3.28. The third-order valence-electron chi connectivity index (χ3n) is 4.02. The molecule has 0 fully saturated rings. The van der Waals surface area contributed by atoms with E-state index in [1.165, 1.54) is 28.8 Å². The predicted octanol–water partition coefficient (Wildman–Crippen LogP) is 4.01. The lowest BCUT2D eigenvalue weighted by Crippen LogP contribution is -2.16. The van der Waals surface area contributed by atoms with Crippen LogP contribution in [0.3, 0.4) is 0 Å². The van der Waals surface area contributed by atoms with Crippen molar-refractivity contribution in [1.29, 1.82) is 0 Å². The van der Waals surface area contributed by atoms with E-state index in [2.05, 4.69) is 23.5 Å². The summed E-state index contributed by atoms with van der Waals surface area (Å²) in [5.41, 5.74) is 7.39. The smallest absolute Gasteiger partial charge is 0.266 e. The summed E-state index contributed by atoms with van der Waals surface area (Å²) >= 11 is 1.61. The monoisotopic (exact) mass is 312 g/mol. The number of aryl methyl sites for hydroxylation is 4. The second-order valence-electron chi connectivity index (χ2n) is 5.83. The molecule has 0 unspecified atom stereocenters. The zero-order valence-corrected chi connectivity index (χ0v) is 13.8. The van der Waals surface area contributed by atoms with Crippen LogP contribution in [0.15, 0.2) is 29.4 Å². The summed E-state index contributed by atoms with van der Waals surface area (Å²) in [5.74, 6) is -0.111. The molecule has 4 heteroatoms. The standard InChI is InChI=1S/C18H20N2OS/c1-12-7-8-15(13(2)9-12)11-19-20-18(21)17-10-14-5-3-4-6-16(14)22-17/h7-11H,3-6H2,1-2H3,(H,20,21)/b19-11-. The fourth-order valence-corrected chi connectivity index (χ4v) is 3.93. The first-order valence-corrected chi connectivity index (χ1v) is 8.47. The molecule has 1 aromatic carbocycles. The molecule has 0 radical (unpaired) electrons. The largest absolute Gasteiger partial charge is 0.281 e. The maximum Gasteiger partial charge on any atom is 0.281 e. The molecule has 1 amide bonds. The molecule has 3 nitrogen and oxygen atoms in total. The Kier molecular flexibility index (Phi) is 4.39. The van der Waals surface area contributed by atoms with Gasteiger partial charge in [-0.1, -0.05) is 23.8 Å². The van der Waals surface area contributed by atoms with Gasteiger partial charge in [-0.25, -0.2) is 5.43 Å². The van der Waals surface area contributed by atoms with Crippen molar-refractivity contribution in [2.24, 2.45) is 5.10 Å². The number of fused-ring (bicyclic) bond motifs is 1. The molecule has 0 bridgehead atoms. The van der Waals surface area contributed by atoms with Crippen molar-refractivity contribution in [3.05, 3.63) is 56.3 Å². The molecule has 114 valence electrons. The van der Waals surface area contributed by atoms with Gasteiger partial charge in [0.25, 0.3) is 5.91 Å². The number of nitrogens with one attached hydrogen (secondary N) is 1. The van der Waals surface area contributed by atoms with Gasteiger partial charge in [0, 0.05) is 4.88 Å². The number of amides is 1. The number of nitrogens with zero attached hydrogens (tertiary/aromatic N) is 1. The second kappa shape index (κ2) is 6.44. The van der Waals surface area contributed by atoms with E-state index in [-0.39, 0.29) is 5.91 Å². The molecule has 1 aliphatic carbocycles. The average molecular weight is 312 g/mol. The highest BCUT2D eigenvalue weighted by Crippen LogP contribution is 2.29. The zero-order valence-electron chi connectivity index (χ0n) is 13.0. The van der Waals surface area contributed by atoms with E-state index in [0.717, 1.165) is 28.8 Å². The first-order valence-electron chi connectivity index (χ1n) is 7.66. The highest BCUT2D eigenvalue weighted by Gasteiger charge is 2.16. The highest BCUT2D eigenvalue weighted by atomic mass is 32.1. The fraction of sp³-hybridized carbons (Fsp3) is 0.333. The van der Waals surface area contributed by atoms with Crippen LogP contribution in [0.5, 0.6) is 0 Å². The van der Waals surface area contributed by atoms with Crippen molar-refractivity contribution in [2.45, 2.75) is 39.5 Å². The molecule has 0 aliphatic heterocycles. The number of hydrazone groups is 1. The lowest BCUT2D eigenvalue weighted by atomic mass is 9.99. The second-order valence-corrected chi connectivity index (χ2v) is 6.96.